The van der Waals surface area contributed by atoms with Gasteiger partial charge in [-0.15, -0.1) is 0 Å². The average molecular weight is 295 g/mol. The van der Waals surface area contributed by atoms with Crippen LogP contribution in [-0.4, -0.2) is 16.9 Å². The van der Waals surface area contributed by atoms with Gasteiger partial charge in [0.05, 0.1) is 0 Å². The zero-order valence-corrected chi connectivity index (χ0v) is 12.8. The van der Waals surface area contributed by atoms with Crippen molar-refractivity contribution in [2.24, 2.45) is 0 Å². The van der Waals surface area contributed by atoms with Crippen LogP contribution in [0.1, 0.15) is 6.99 Å². The number of rotatable bonds is 3. The van der Waals surface area contributed by atoms with Crippen LogP contribution in [0.5, 0.6) is 0 Å². The van der Waals surface area contributed by atoms with Crippen molar-refractivity contribution in [2.75, 3.05) is 0 Å². The Morgan fingerprint density at radius 1 is 1.27 bits per heavy atom. The molecule has 0 radical (unpaired) electrons. The summed E-state index contributed by atoms with van der Waals surface area (Å²) >= 11 is 3.26. The monoisotopic (exact) mass is 294 g/mol. The third-order valence-electron chi connectivity index (χ3n) is 1.51. The van der Waals surface area contributed by atoms with Crippen molar-refractivity contribution >= 4 is 33.8 Å². The molecular formula is C10H8BrKO3. The molecular weight excluding hydrogens is 287 g/mol. The smallest absolute Gasteiger partial charge is 1.00 e. The van der Waals surface area contributed by atoms with Gasteiger partial charge in [-0.2, -0.15) is 0 Å². The molecule has 0 aromatic heterocycles. The van der Waals surface area contributed by atoms with Gasteiger partial charge in [0.25, 0.3) is 5.78 Å². The molecule has 0 unspecified atom stereocenters. The van der Waals surface area contributed by atoms with Crippen LogP contribution in [-0.2, 0) is 9.59 Å². The minimum atomic E-state index is -1.45. The van der Waals surface area contributed by atoms with Gasteiger partial charge in [-0.3, -0.25) is 4.79 Å². The molecule has 74 valence electrons. The summed E-state index contributed by atoms with van der Waals surface area (Å²) < 4.78 is 0.930. The first-order valence-corrected chi connectivity index (χ1v) is 4.60. The van der Waals surface area contributed by atoms with Crippen LogP contribution in [0.4, 0.5) is 0 Å². The summed E-state index contributed by atoms with van der Waals surface area (Å²) in [7, 11) is 0. The molecule has 0 aliphatic carbocycles. The van der Waals surface area contributed by atoms with Crippen LogP contribution in [0.3, 0.4) is 0 Å². The third-order valence-corrected chi connectivity index (χ3v) is 2.04. The van der Waals surface area contributed by atoms with Crippen LogP contribution < -0.4 is 51.4 Å². The van der Waals surface area contributed by atoms with Gasteiger partial charge < -0.3 is 6.53 Å². The van der Waals surface area contributed by atoms with E-state index in [1.165, 1.54) is 6.08 Å². The number of carbonyl (C=O) groups is 2. The molecule has 3 nitrogen and oxygen atoms in total. The number of carboxylic acids is 1. The molecule has 1 aromatic carbocycles. The van der Waals surface area contributed by atoms with E-state index in [0.717, 1.165) is 16.1 Å². The molecule has 1 N–H and O–H groups in total. The van der Waals surface area contributed by atoms with Gasteiger partial charge in [0.15, 0.2) is 0 Å². The fourth-order valence-electron chi connectivity index (χ4n) is 0.817. The molecule has 0 amide bonds. The van der Waals surface area contributed by atoms with Crippen LogP contribution in [0, 0.1) is 0 Å². The first-order valence-electron chi connectivity index (χ1n) is 3.80. The van der Waals surface area contributed by atoms with Crippen LogP contribution in [0.15, 0.2) is 34.8 Å². The largest absolute Gasteiger partial charge is 1.00 e. The maximum absolute atomic E-state index is 10.7. The van der Waals surface area contributed by atoms with E-state index in [4.69, 9.17) is 5.11 Å². The molecule has 15 heavy (non-hydrogen) atoms. The van der Waals surface area contributed by atoms with E-state index in [9.17, 15) is 9.59 Å². The molecule has 0 atom stereocenters. The Morgan fingerprint density at radius 2 is 1.80 bits per heavy atom. The fourth-order valence-corrected chi connectivity index (χ4v) is 1.08. The molecule has 0 bridgehead atoms. The molecule has 0 aliphatic rings. The van der Waals surface area contributed by atoms with Crippen molar-refractivity contribution in [1.29, 1.82) is 0 Å². The maximum atomic E-state index is 10.7. The molecule has 0 spiro atoms. The summed E-state index contributed by atoms with van der Waals surface area (Å²) in [4.78, 5) is 20.9. The van der Waals surface area contributed by atoms with Crippen molar-refractivity contribution in [3.8, 4) is 0 Å². The minimum Gasteiger partial charge on any atom is -1.00 e. The predicted octanol–water partition coefficient (Wildman–Crippen LogP) is -0.767. The van der Waals surface area contributed by atoms with E-state index in [-0.39, 0.29) is 52.8 Å². The Hall–Kier alpha value is 0.216. The zero-order valence-electron chi connectivity index (χ0n) is 9.11. The molecule has 0 saturated heterocycles. The topological polar surface area (TPSA) is 54.4 Å². The van der Waals surface area contributed by atoms with Gasteiger partial charge in [0.1, 0.15) is 0 Å². The molecule has 0 heterocycles. The molecule has 5 heteroatoms. The van der Waals surface area contributed by atoms with E-state index >= 15 is 0 Å². The maximum Gasteiger partial charge on any atom is 1.00 e. The quantitative estimate of drug-likeness (QED) is 0.453. The van der Waals surface area contributed by atoms with Gasteiger partial charge in [0, 0.05) is 4.47 Å². The Bertz CT molecular complexity index is 390. The van der Waals surface area contributed by atoms with Crippen molar-refractivity contribution in [3.63, 3.8) is 0 Å². The second-order valence-corrected chi connectivity index (χ2v) is 3.47. The SMILES string of the molecule is O=C(O)C(=O)C=Cc1ccc(Br)cc1.[H-].[K+]. The molecule has 1 aromatic rings. The summed E-state index contributed by atoms with van der Waals surface area (Å²) in [5.41, 5.74) is 0.780. The van der Waals surface area contributed by atoms with Crippen LogP contribution in [0.2, 0.25) is 0 Å². The first-order chi connectivity index (χ1) is 6.59. The number of hydrogen-bond acceptors (Lipinski definition) is 2. The van der Waals surface area contributed by atoms with Gasteiger partial charge in [-0.1, -0.05) is 34.1 Å². The normalized spacial score (nSPS) is 9.67. The third kappa shape index (κ3) is 5.75. The Balaban J connectivity index is 0. The van der Waals surface area contributed by atoms with E-state index in [1.54, 1.807) is 12.1 Å². The van der Waals surface area contributed by atoms with Crippen LogP contribution >= 0.6 is 15.9 Å². The zero-order chi connectivity index (χ0) is 10.6. The van der Waals surface area contributed by atoms with Crippen molar-refractivity contribution < 1.29 is 67.5 Å². The van der Waals surface area contributed by atoms with E-state index in [1.807, 2.05) is 12.1 Å². The summed E-state index contributed by atoms with van der Waals surface area (Å²) in [6.45, 7) is 0. The van der Waals surface area contributed by atoms with Gasteiger partial charge >= 0.3 is 57.4 Å². The number of ketones is 1. The summed E-state index contributed by atoms with van der Waals surface area (Å²) in [6, 6.07) is 7.17. The minimum absolute atomic E-state index is 0. The van der Waals surface area contributed by atoms with Crippen LogP contribution in [0.25, 0.3) is 6.08 Å². The van der Waals surface area contributed by atoms with E-state index in [0.29, 0.717) is 0 Å². The predicted molar refractivity (Wildman–Crippen MR) is 56.9 cm³/mol. The standard InChI is InChI=1S/C10H7BrO3.K.H/c11-8-4-1-7(2-5-8)3-6-9(12)10(13)14;;/h1-6H,(H,13,14);;/q;+1;-1. The molecule has 1 rings (SSSR count). The Morgan fingerprint density at radius 3 is 2.27 bits per heavy atom. The van der Waals surface area contributed by atoms with E-state index < -0.39 is 11.8 Å². The molecule has 0 aliphatic heterocycles. The van der Waals surface area contributed by atoms with Gasteiger partial charge in [0.2, 0.25) is 0 Å². The second-order valence-electron chi connectivity index (χ2n) is 2.55. The van der Waals surface area contributed by atoms with Crippen molar-refractivity contribution in [3.05, 3.63) is 40.4 Å². The van der Waals surface area contributed by atoms with Crippen molar-refractivity contribution in [1.82, 2.24) is 0 Å². The number of carboxylic acid groups (broad SMARTS) is 1. The van der Waals surface area contributed by atoms with E-state index in [2.05, 4.69) is 15.9 Å². The second kappa shape index (κ2) is 7.48. The number of halogens is 1. The van der Waals surface area contributed by atoms with Gasteiger partial charge in [-0.25, -0.2) is 4.79 Å². The number of aliphatic carboxylic acids is 1. The fraction of sp³-hybridized carbons (Fsp3) is 0. The summed E-state index contributed by atoms with van der Waals surface area (Å²) in [5.74, 6) is -2.37. The summed E-state index contributed by atoms with van der Waals surface area (Å²) in [5, 5.41) is 8.30. The number of hydrogen-bond donors (Lipinski definition) is 1. The number of benzene rings is 1. The Kier molecular flexibility index (Phi) is 7.59. The van der Waals surface area contributed by atoms with Crippen molar-refractivity contribution in [2.45, 2.75) is 0 Å². The molecule has 0 fully saturated rings. The number of carbonyl (C=O) groups excluding carboxylic acids is 1. The first kappa shape index (κ1) is 15.2. The molecule has 0 saturated carbocycles. The summed E-state index contributed by atoms with van der Waals surface area (Å²) in [6.07, 6.45) is 2.49. The van der Waals surface area contributed by atoms with Gasteiger partial charge in [-0.05, 0) is 23.8 Å². The average Bonchev–Trinajstić information content (AvgIpc) is 2.16. The Labute approximate surface area is 140 Å².